The van der Waals surface area contributed by atoms with Crippen molar-refractivity contribution in [2.45, 2.75) is 26.2 Å². The monoisotopic (exact) mass is 287 g/mol. The molecule has 21 heavy (non-hydrogen) atoms. The molecule has 1 saturated carbocycles. The van der Waals surface area contributed by atoms with Crippen molar-refractivity contribution in [3.63, 3.8) is 0 Å². The van der Waals surface area contributed by atoms with Crippen LogP contribution in [0.5, 0.6) is 0 Å². The minimum atomic E-state index is -0.179. The van der Waals surface area contributed by atoms with Crippen molar-refractivity contribution in [1.82, 2.24) is 4.90 Å². The predicted molar refractivity (Wildman–Crippen MR) is 81.2 cm³/mol. The molecule has 2 nitrogen and oxygen atoms in total. The molecule has 1 aromatic rings. The number of carbonyl (C=O) groups is 1. The summed E-state index contributed by atoms with van der Waals surface area (Å²) in [6.45, 7) is 7.29. The molecule has 0 N–H and O–H groups in total. The molecule has 3 atom stereocenters. The normalized spacial score (nSPS) is 27.7. The van der Waals surface area contributed by atoms with Crippen molar-refractivity contribution in [3.8, 4) is 0 Å². The first kappa shape index (κ1) is 14.3. The number of amides is 1. The van der Waals surface area contributed by atoms with E-state index in [1.165, 1.54) is 30.5 Å². The van der Waals surface area contributed by atoms with Gasteiger partial charge in [-0.2, -0.15) is 0 Å². The van der Waals surface area contributed by atoms with Gasteiger partial charge in [0.2, 0.25) is 5.91 Å². The maximum absolute atomic E-state index is 13.0. The van der Waals surface area contributed by atoms with Gasteiger partial charge in [0, 0.05) is 18.7 Å². The van der Waals surface area contributed by atoms with E-state index >= 15 is 0 Å². The highest BCUT2D eigenvalue weighted by Gasteiger charge is 2.43. The zero-order valence-corrected chi connectivity index (χ0v) is 12.5. The largest absolute Gasteiger partial charge is 0.338 e. The molecule has 1 heterocycles. The third-order valence-corrected chi connectivity index (χ3v) is 5.07. The summed E-state index contributed by atoms with van der Waals surface area (Å²) in [5.41, 5.74) is 1.83. The van der Waals surface area contributed by atoms with Crippen LogP contribution in [0.3, 0.4) is 0 Å². The van der Waals surface area contributed by atoms with Gasteiger partial charge in [-0.1, -0.05) is 18.7 Å². The van der Waals surface area contributed by atoms with Crippen LogP contribution in [0.15, 0.2) is 36.4 Å². The summed E-state index contributed by atoms with van der Waals surface area (Å²) in [4.78, 5) is 14.0. The van der Waals surface area contributed by atoms with Crippen molar-refractivity contribution in [2.24, 2.45) is 17.8 Å². The molecule has 0 unspecified atom stereocenters. The van der Waals surface area contributed by atoms with Gasteiger partial charge in [-0.05, 0) is 61.6 Å². The summed E-state index contributed by atoms with van der Waals surface area (Å²) in [5, 5.41) is 0. The molecule has 2 fully saturated rings. The van der Waals surface area contributed by atoms with Crippen molar-refractivity contribution in [3.05, 3.63) is 47.8 Å². The fourth-order valence-corrected chi connectivity index (χ4v) is 3.99. The highest BCUT2D eigenvalue weighted by Crippen LogP contribution is 2.43. The number of nitrogens with zero attached hydrogens (tertiary/aromatic N) is 1. The molecule has 1 aromatic carbocycles. The third-order valence-electron chi connectivity index (χ3n) is 5.07. The van der Waals surface area contributed by atoms with Gasteiger partial charge in [0.05, 0.1) is 0 Å². The van der Waals surface area contributed by atoms with E-state index in [1.807, 2.05) is 17.0 Å². The fraction of sp³-hybridized carbons (Fsp3) is 0.500. The third kappa shape index (κ3) is 2.87. The minimum Gasteiger partial charge on any atom is -0.338 e. The lowest BCUT2D eigenvalue weighted by Crippen LogP contribution is -2.30. The van der Waals surface area contributed by atoms with E-state index in [4.69, 9.17) is 0 Å². The number of benzene rings is 1. The van der Waals surface area contributed by atoms with Crippen LogP contribution in [0.25, 0.3) is 0 Å². The van der Waals surface area contributed by atoms with Crippen LogP contribution in [0.1, 0.15) is 25.3 Å². The molecule has 3 rings (SSSR count). The topological polar surface area (TPSA) is 20.3 Å². The number of hydrogen-bond donors (Lipinski definition) is 0. The Morgan fingerprint density at radius 2 is 2.00 bits per heavy atom. The van der Waals surface area contributed by atoms with Crippen LogP contribution in [-0.2, 0) is 11.2 Å². The van der Waals surface area contributed by atoms with Crippen LogP contribution < -0.4 is 0 Å². The Labute approximate surface area is 125 Å². The van der Waals surface area contributed by atoms with Gasteiger partial charge in [0.25, 0.3) is 0 Å². The van der Waals surface area contributed by atoms with Crippen LogP contribution >= 0.6 is 0 Å². The van der Waals surface area contributed by atoms with Crippen molar-refractivity contribution < 1.29 is 9.18 Å². The van der Waals surface area contributed by atoms with Crippen molar-refractivity contribution >= 4 is 5.91 Å². The first-order valence-electron chi connectivity index (χ1n) is 7.74. The number of carbonyl (C=O) groups excluding carboxylic acids is 1. The number of rotatable bonds is 3. The molecular weight excluding hydrogens is 265 g/mol. The van der Waals surface area contributed by atoms with Gasteiger partial charge in [-0.25, -0.2) is 4.39 Å². The molecule has 1 aliphatic carbocycles. The predicted octanol–water partition coefficient (Wildman–Crippen LogP) is 3.43. The maximum atomic E-state index is 13.0. The minimum absolute atomic E-state index is 0.102. The van der Waals surface area contributed by atoms with E-state index in [0.29, 0.717) is 23.3 Å². The van der Waals surface area contributed by atoms with E-state index in [1.54, 1.807) is 6.92 Å². The number of hydrogen-bond acceptors (Lipinski definition) is 1. The summed E-state index contributed by atoms with van der Waals surface area (Å²) in [7, 11) is 0. The lowest BCUT2D eigenvalue weighted by molar-refractivity contribution is -0.126. The van der Waals surface area contributed by atoms with Gasteiger partial charge in [-0.15, -0.1) is 0 Å². The quantitative estimate of drug-likeness (QED) is 0.780. The second kappa shape index (κ2) is 5.63. The Bertz CT molecular complexity index is 551. The molecule has 0 radical (unpaired) electrons. The van der Waals surface area contributed by atoms with Crippen LogP contribution in [-0.4, -0.2) is 23.9 Å². The highest BCUT2D eigenvalue weighted by molar-refractivity contribution is 5.92. The molecule has 1 aliphatic heterocycles. The smallest absolute Gasteiger partial charge is 0.248 e. The SMILES string of the molecule is C=C(C)C(=O)N1C[C@@H]2CC[C@@H](Cc3ccc(F)cc3)[C@@H]2C1. The Hall–Kier alpha value is -1.64. The first-order valence-corrected chi connectivity index (χ1v) is 7.74. The molecule has 1 saturated heterocycles. The summed E-state index contributed by atoms with van der Waals surface area (Å²) in [6.07, 6.45) is 3.43. The Morgan fingerprint density at radius 1 is 1.29 bits per heavy atom. The summed E-state index contributed by atoms with van der Waals surface area (Å²) in [5.74, 6) is 1.77. The summed E-state index contributed by atoms with van der Waals surface area (Å²) >= 11 is 0. The lowest BCUT2D eigenvalue weighted by Gasteiger charge is -2.21. The zero-order chi connectivity index (χ0) is 15.0. The summed E-state index contributed by atoms with van der Waals surface area (Å²) in [6, 6.07) is 6.84. The molecule has 2 aliphatic rings. The molecule has 0 spiro atoms. The molecule has 112 valence electrons. The average Bonchev–Trinajstić information content (AvgIpc) is 3.02. The molecule has 0 aromatic heterocycles. The van der Waals surface area contributed by atoms with Gasteiger partial charge < -0.3 is 4.90 Å². The highest BCUT2D eigenvalue weighted by atomic mass is 19.1. The number of fused-ring (bicyclic) bond motifs is 1. The van der Waals surface area contributed by atoms with E-state index in [-0.39, 0.29) is 11.7 Å². The molecule has 1 amide bonds. The Balaban J connectivity index is 1.65. The van der Waals surface area contributed by atoms with Crippen LogP contribution in [0.2, 0.25) is 0 Å². The van der Waals surface area contributed by atoms with Gasteiger partial charge in [0.15, 0.2) is 0 Å². The number of halogens is 1. The molecule has 0 bridgehead atoms. The van der Waals surface area contributed by atoms with E-state index in [0.717, 1.165) is 19.5 Å². The van der Waals surface area contributed by atoms with Crippen LogP contribution in [0, 0.1) is 23.6 Å². The standard InChI is InChI=1S/C18H22FNO/c1-12(2)18(21)20-10-15-6-5-14(17(15)11-20)9-13-3-7-16(19)8-4-13/h3-4,7-8,14-15,17H,1,5-6,9-11H2,2H3/t14-,15-,17-/m0/s1. The maximum Gasteiger partial charge on any atom is 0.248 e. The average molecular weight is 287 g/mol. The van der Waals surface area contributed by atoms with Crippen molar-refractivity contribution in [2.75, 3.05) is 13.1 Å². The van der Waals surface area contributed by atoms with Gasteiger partial charge >= 0.3 is 0 Å². The molecular formula is C18H22FNO. The Morgan fingerprint density at radius 3 is 2.67 bits per heavy atom. The summed E-state index contributed by atoms with van der Waals surface area (Å²) < 4.78 is 13.0. The second-order valence-corrected chi connectivity index (χ2v) is 6.58. The van der Waals surface area contributed by atoms with E-state index in [2.05, 4.69) is 6.58 Å². The van der Waals surface area contributed by atoms with E-state index in [9.17, 15) is 9.18 Å². The first-order chi connectivity index (χ1) is 10.0. The van der Waals surface area contributed by atoms with E-state index < -0.39 is 0 Å². The van der Waals surface area contributed by atoms with Gasteiger partial charge in [-0.3, -0.25) is 4.79 Å². The second-order valence-electron chi connectivity index (χ2n) is 6.58. The molecule has 3 heteroatoms. The fourth-order valence-electron chi connectivity index (χ4n) is 3.99. The zero-order valence-electron chi connectivity index (χ0n) is 12.5. The van der Waals surface area contributed by atoms with Gasteiger partial charge in [0.1, 0.15) is 5.82 Å². The Kier molecular flexibility index (Phi) is 3.83. The van der Waals surface area contributed by atoms with Crippen LogP contribution in [0.4, 0.5) is 4.39 Å². The lowest BCUT2D eigenvalue weighted by atomic mass is 9.87. The van der Waals surface area contributed by atoms with Crippen molar-refractivity contribution in [1.29, 1.82) is 0 Å². The number of likely N-dealkylation sites (tertiary alicyclic amines) is 1.